The molecule has 96 valence electrons. The monoisotopic (exact) mass is 235 g/mol. The first kappa shape index (κ1) is 14.2. The highest BCUT2D eigenvalue weighted by molar-refractivity contribution is 5.13. The molecule has 0 saturated heterocycles. The third-order valence-electron chi connectivity index (χ3n) is 2.75. The molecule has 0 amide bonds. The highest BCUT2D eigenvalue weighted by Gasteiger charge is 2.06. The van der Waals surface area contributed by atoms with Crippen molar-refractivity contribution in [3.05, 3.63) is 35.9 Å². The molecule has 2 heteroatoms. The van der Waals surface area contributed by atoms with Gasteiger partial charge in [0.05, 0.1) is 13.2 Å². The van der Waals surface area contributed by atoms with E-state index in [-0.39, 0.29) is 0 Å². The second-order valence-electron chi connectivity index (χ2n) is 4.44. The van der Waals surface area contributed by atoms with Crippen LogP contribution in [0.25, 0.3) is 0 Å². The molecule has 1 aromatic rings. The number of benzene rings is 1. The molecule has 0 saturated carbocycles. The van der Waals surface area contributed by atoms with Crippen LogP contribution in [0.4, 0.5) is 0 Å². The Balaban J connectivity index is 2.22. The quantitative estimate of drug-likeness (QED) is 0.708. The average Bonchev–Trinajstić information content (AvgIpc) is 2.37. The van der Waals surface area contributed by atoms with E-state index in [1.54, 1.807) is 0 Å². The zero-order valence-corrected chi connectivity index (χ0v) is 11.1. The van der Waals surface area contributed by atoms with E-state index < -0.39 is 0 Å². The molecule has 1 rings (SSSR count). The first-order valence-corrected chi connectivity index (χ1v) is 6.71. The van der Waals surface area contributed by atoms with Crippen molar-refractivity contribution in [2.45, 2.75) is 45.8 Å². The van der Waals surface area contributed by atoms with Crippen molar-refractivity contribution in [3.8, 4) is 0 Å². The van der Waals surface area contributed by atoms with Gasteiger partial charge in [0.1, 0.15) is 0 Å². The van der Waals surface area contributed by atoms with Gasteiger partial charge in [-0.15, -0.1) is 0 Å². The van der Waals surface area contributed by atoms with Crippen LogP contribution >= 0.6 is 0 Å². The molecular weight excluding hydrogens is 210 g/mol. The predicted molar refractivity (Wildman–Crippen MR) is 73.1 cm³/mol. The number of nitrogens with one attached hydrogen (secondary N) is 1. The maximum atomic E-state index is 5.77. The van der Waals surface area contributed by atoms with Crippen molar-refractivity contribution < 1.29 is 4.74 Å². The summed E-state index contributed by atoms with van der Waals surface area (Å²) in [7, 11) is 0. The third kappa shape index (κ3) is 6.44. The fourth-order valence-corrected chi connectivity index (χ4v) is 1.83. The van der Waals surface area contributed by atoms with Gasteiger partial charge >= 0.3 is 0 Å². The van der Waals surface area contributed by atoms with Crippen LogP contribution in [-0.2, 0) is 11.3 Å². The molecular formula is C15H25NO. The van der Waals surface area contributed by atoms with E-state index >= 15 is 0 Å². The minimum absolute atomic E-state index is 0.503. The topological polar surface area (TPSA) is 21.3 Å². The zero-order valence-electron chi connectivity index (χ0n) is 11.1. The molecule has 0 heterocycles. The molecule has 1 unspecified atom stereocenters. The average molecular weight is 235 g/mol. The summed E-state index contributed by atoms with van der Waals surface area (Å²) < 4.78 is 5.77. The number of hydrogen-bond donors (Lipinski definition) is 1. The van der Waals surface area contributed by atoms with E-state index in [0.717, 1.165) is 19.8 Å². The molecule has 17 heavy (non-hydrogen) atoms. The second-order valence-corrected chi connectivity index (χ2v) is 4.44. The molecule has 0 aliphatic heterocycles. The van der Waals surface area contributed by atoms with Crippen molar-refractivity contribution in [3.63, 3.8) is 0 Å². The Labute approximate surface area is 105 Å². The largest absolute Gasteiger partial charge is 0.375 e. The summed E-state index contributed by atoms with van der Waals surface area (Å²) in [4.78, 5) is 0. The van der Waals surface area contributed by atoms with Crippen molar-refractivity contribution in [1.82, 2.24) is 5.32 Å². The van der Waals surface area contributed by atoms with Crippen LogP contribution in [0.5, 0.6) is 0 Å². The highest BCUT2D eigenvalue weighted by Crippen LogP contribution is 2.03. The lowest BCUT2D eigenvalue weighted by atomic mass is 10.2. The van der Waals surface area contributed by atoms with Crippen molar-refractivity contribution >= 4 is 0 Å². The van der Waals surface area contributed by atoms with E-state index in [1.807, 2.05) is 6.07 Å². The van der Waals surface area contributed by atoms with Crippen LogP contribution in [-0.4, -0.2) is 19.2 Å². The zero-order chi connectivity index (χ0) is 12.3. The molecule has 1 atom stereocenters. The Morgan fingerprint density at radius 1 is 1.12 bits per heavy atom. The molecule has 1 aromatic carbocycles. The summed E-state index contributed by atoms with van der Waals surface area (Å²) in [6, 6.07) is 10.9. The fraction of sp³-hybridized carbons (Fsp3) is 0.600. The van der Waals surface area contributed by atoms with E-state index in [0.29, 0.717) is 6.04 Å². The molecule has 0 aromatic heterocycles. The van der Waals surface area contributed by atoms with E-state index in [2.05, 4.69) is 43.4 Å². The van der Waals surface area contributed by atoms with Gasteiger partial charge in [0.15, 0.2) is 0 Å². The summed E-state index contributed by atoms with van der Waals surface area (Å²) >= 11 is 0. The first-order chi connectivity index (χ1) is 8.36. The van der Waals surface area contributed by atoms with Gasteiger partial charge in [-0.1, -0.05) is 50.6 Å². The fourth-order valence-electron chi connectivity index (χ4n) is 1.83. The molecule has 2 nitrogen and oxygen atoms in total. The predicted octanol–water partition coefficient (Wildman–Crippen LogP) is 3.37. The van der Waals surface area contributed by atoms with Crippen LogP contribution in [0.3, 0.4) is 0 Å². The Bertz CT molecular complexity index is 274. The van der Waals surface area contributed by atoms with E-state index in [4.69, 9.17) is 4.74 Å². The highest BCUT2D eigenvalue weighted by atomic mass is 16.5. The summed E-state index contributed by atoms with van der Waals surface area (Å²) in [5.74, 6) is 0. The number of rotatable bonds is 9. The maximum Gasteiger partial charge on any atom is 0.0717 e. The van der Waals surface area contributed by atoms with Crippen LogP contribution in [0.1, 0.15) is 38.7 Å². The van der Waals surface area contributed by atoms with Gasteiger partial charge in [-0.05, 0) is 24.9 Å². The molecule has 0 aliphatic rings. The summed E-state index contributed by atoms with van der Waals surface area (Å²) in [6.07, 6.45) is 3.57. The van der Waals surface area contributed by atoms with Crippen LogP contribution in [0, 0.1) is 0 Å². The molecule has 0 aliphatic carbocycles. The van der Waals surface area contributed by atoms with Gasteiger partial charge in [-0.3, -0.25) is 0 Å². The van der Waals surface area contributed by atoms with Gasteiger partial charge < -0.3 is 10.1 Å². The molecule has 0 radical (unpaired) electrons. The van der Waals surface area contributed by atoms with Crippen LogP contribution < -0.4 is 5.32 Å². The molecule has 0 bridgehead atoms. The molecule has 0 spiro atoms. The van der Waals surface area contributed by atoms with Gasteiger partial charge in [-0.2, -0.15) is 0 Å². The van der Waals surface area contributed by atoms with Gasteiger partial charge in [-0.25, -0.2) is 0 Å². The minimum Gasteiger partial charge on any atom is -0.375 e. The summed E-state index contributed by atoms with van der Waals surface area (Å²) in [5, 5.41) is 3.53. The lowest BCUT2D eigenvalue weighted by molar-refractivity contribution is 0.0961. The Morgan fingerprint density at radius 3 is 2.53 bits per heavy atom. The Morgan fingerprint density at radius 2 is 1.88 bits per heavy atom. The second kappa shape index (κ2) is 9.20. The SMILES string of the molecule is CCCNC(CCC)COCc1ccccc1. The van der Waals surface area contributed by atoms with Crippen LogP contribution in [0.2, 0.25) is 0 Å². The van der Waals surface area contributed by atoms with Gasteiger partial charge in [0.2, 0.25) is 0 Å². The summed E-state index contributed by atoms with van der Waals surface area (Å²) in [5.41, 5.74) is 1.25. The van der Waals surface area contributed by atoms with Crippen molar-refractivity contribution in [2.75, 3.05) is 13.2 Å². The van der Waals surface area contributed by atoms with Crippen molar-refractivity contribution in [1.29, 1.82) is 0 Å². The minimum atomic E-state index is 0.503. The smallest absolute Gasteiger partial charge is 0.0717 e. The molecule has 0 fully saturated rings. The lowest BCUT2D eigenvalue weighted by Crippen LogP contribution is -2.33. The first-order valence-electron chi connectivity index (χ1n) is 6.71. The standard InChI is InChI=1S/C15H25NO/c1-3-8-15(16-11-4-2)13-17-12-14-9-6-5-7-10-14/h5-7,9-10,15-16H,3-4,8,11-13H2,1-2H3. The van der Waals surface area contributed by atoms with Crippen LogP contribution in [0.15, 0.2) is 30.3 Å². The Kier molecular flexibility index (Phi) is 7.69. The Hall–Kier alpha value is -0.860. The van der Waals surface area contributed by atoms with E-state index in [9.17, 15) is 0 Å². The number of ether oxygens (including phenoxy) is 1. The third-order valence-corrected chi connectivity index (χ3v) is 2.75. The van der Waals surface area contributed by atoms with Crippen molar-refractivity contribution in [2.24, 2.45) is 0 Å². The van der Waals surface area contributed by atoms with Gasteiger partial charge in [0.25, 0.3) is 0 Å². The molecule has 1 N–H and O–H groups in total. The number of hydrogen-bond acceptors (Lipinski definition) is 2. The lowest BCUT2D eigenvalue weighted by Gasteiger charge is -2.17. The van der Waals surface area contributed by atoms with Gasteiger partial charge in [0, 0.05) is 6.04 Å². The van der Waals surface area contributed by atoms with E-state index in [1.165, 1.54) is 24.8 Å². The summed E-state index contributed by atoms with van der Waals surface area (Å²) in [6.45, 7) is 7.02. The normalized spacial score (nSPS) is 12.6. The maximum absolute atomic E-state index is 5.77.